The molecule has 7 heavy (non-hydrogen) atoms. The third-order valence-corrected chi connectivity index (χ3v) is 0.494. The number of allylic oxidation sites excluding steroid dienone is 2. The van der Waals surface area contributed by atoms with Gasteiger partial charge in [0.2, 0.25) is 0 Å². The van der Waals surface area contributed by atoms with Crippen LogP contribution in [0.2, 0.25) is 0 Å². The van der Waals surface area contributed by atoms with E-state index in [4.69, 9.17) is 11.5 Å². The molecule has 0 aromatic carbocycles. The lowest BCUT2D eigenvalue weighted by Crippen LogP contribution is -1.91. The summed E-state index contributed by atoms with van der Waals surface area (Å²) >= 11 is 0. The van der Waals surface area contributed by atoms with Crippen molar-refractivity contribution in [2.45, 2.75) is 0 Å². The fourth-order valence-corrected chi connectivity index (χ4v) is 0.221. The Hall–Kier alpha value is -0.760. The van der Waals surface area contributed by atoms with Crippen molar-refractivity contribution in [3.05, 3.63) is 24.4 Å². The average molecular weight is 98.1 g/mol. The molecule has 40 valence electrons. The fourth-order valence-electron chi connectivity index (χ4n) is 0.221. The van der Waals surface area contributed by atoms with Crippen molar-refractivity contribution < 1.29 is 0 Å². The second-order valence-corrected chi connectivity index (χ2v) is 1.05. The Morgan fingerprint density at radius 3 is 2.43 bits per heavy atom. The smallest absolute Gasteiger partial charge is 0.0109 e. The second kappa shape index (κ2) is 5.24. The summed E-state index contributed by atoms with van der Waals surface area (Å²) in [6.45, 7) is 0.574. The van der Waals surface area contributed by atoms with E-state index in [1.807, 2.05) is 6.08 Å². The van der Waals surface area contributed by atoms with Crippen LogP contribution >= 0.6 is 0 Å². The van der Waals surface area contributed by atoms with Crippen LogP contribution in [-0.4, -0.2) is 6.54 Å². The predicted molar refractivity (Wildman–Crippen MR) is 31.5 cm³/mol. The average Bonchev–Trinajstić information content (AvgIpc) is 1.69. The minimum absolute atomic E-state index is 0.574. The molecule has 0 heterocycles. The van der Waals surface area contributed by atoms with Crippen LogP contribution in [0.1, 0.15) is 0 Å². The van der Waals surface area contributed by atoms with E-state index in [1.165, 1.54) is 6.20 Å². The molecule has 0 aromatic rings. The van der Waals surface area contributed by atoms with Gasteiger partial charge in [-0.05, 0) is 12.3 Å². The maximum absolute atomic E-state index is 5.11. The summed E-state index contributed by atoms with van der Waals surface area (Å²) in [5.74, 6) is 0. The molecule has 0 aromatic heterocycles. The Morgan fingerprint density at radius 2 is 2.00 bits per heavy atom. The Kier molecular flexibility index (Phi) is 4.67. The molecule has 0 aliphatic carbocycles. The lowest BCUT2D eigenvalue weighted by Gasteiger charge is -1.71. The minimum Gasteiger partial charge on any atom is -0.405 e. The highest BCUT2D eigenvalue weighted by molar-refractivity contribution is 5.00. The van der Waals surface area contributed by atoms with Crippen molar-refractivity contribution in [2.75, 3.05) is 6.54 Å². The van der Waals surface area contributed by atoms with Crippen LogP contribution in [0.4, 0.5) is 0 Å². The minimum atomic E-state index is 0.574. The van der Waals surface area contributed by atoms with Crippen molar-refractivity contribution >= 4 is 0 Å². The molecule has 4 N–H and O–H groups in total. The van der Waals surface area contributed by atoms with Crippen LogP contribution in [0.15, 0.2) is 24.4 Å². The molecule has 0 saturated carbocycles. The summed E-state index contributed by atoms with van der Waals surface area (Å²) in [6, 6.07) is 0. The second-order valence-electron chi connectivity index (χ2n) is 1.05. The summed E-state index contributed by atoms with van der Waals surface area (Å²) in [5, 5.41) is 0. The van der Waals surface area contributed by atoms with Crippen LogP contribution < -0.4 is 11.5 Å². The lowest BCUT2D eigenvalue weighted by molar-refractivity contribution is 1.25. The SMILES string of the molecule is NC=CC=CCN. The zero-order valence-corrected chi connectivity index (χ0v) is 4.17. The van der Waals surface area contributed by atoms with Gasteiger partial charge in [-0.3, -0.25) is 0 Å². The van der Waals surface area contributed by atoms with Gasteiger partial charge in [-0.2, -0.15) is 0 Å². The molecule has 0 bridgehead atoms. The molecular formula is C5H10N2. The molecule has 0 fully saturated rings. The molecule has 0 atom stereocenters. The van der Waals surface area contributed by atoms with E-state index in [0.717, 1.165) is 0 Å². The molecule has 0 amide bonds. The monoisotopic (exact) mass is 98.1 g/mol. The predicted octanol–water partition coefficient (Wildman–Crippen LogP) is -0.0263. The Balaban J connectivity index is 3.09. The standard InChI is InChI=1S/C5H10N2/c6-4-2-1-3-5-7/h1-4H,5-7H2. The summed E-state index contributed by atoms with van der Waals surface area (Å²) in [5.41, 5.74) is 10.1. The van der Waals surface area contributed by atoms with Crippen molar-refractivity contribution in [3.63, 3.8) is 0 Å². The van der Waals surface area contributed by atoms with Crippen LogP contribution in [0, 0.1) is 0 Å². The molecule has 0 spiro atoms. The van der Waals surface area contributed by atoms with Crippen molar-refractivity contribution in [1.29, 1.82) is 0 Å². The van der Waals surface area contributed by atoms with E-state index >= 15 is 0 Å². The lowest BCUT2D eigenvalue weighted by atomic mass is 10.5. The van der Waals surface area contributed by atoms with E-state index in [0.29, 0.717) is 6.54 Å². The van der Waals surface area contributed by atoms with Gasteiger partial charge in [-0.25, -0.2) is 0 Å². The quantitative estimate of drug-likeness (QED) is 0.477. The summed E-state index contributed by atoms with van der Waals surface area (Å²) in [7, 11) is 0. The maximum Gasteiger partial charge on any atom is 0.0109 e. The zero-order valence-electron chi connectivity index (χ0n) is 4.17. The summed E-state index contributed by atoms with van der Waals surface area (Å²) < 4.78 is 0. The summed E-state index contributed by atoms with van der Waals surface area (Å²) in [4.78, 5) is 0. The third kappa shape index (κ3) is 5.24. The normalized spacial score (nSPS) is 11.6. The van der Waals surface area contributed by atoms with Gasteiger partial charge in [0.05, 0.1) is 0 Å². The molecular weight excluding hydrogens is 88.1 g/mol. The van der Waals surface area contributed by atoms with Crippen LogP contribution in [0.3, 0.4) is 0 Å². The van der Waals surface area contributed by atoms with Gasteiger partial charge in [-0.1, -0.05) is 12.2 Å². The highest BCUT2D eigenvalue weighted by atomic mass is 14.5. The van der Waals surface area contributed by atoms with E-state index in [1.54, 1.807) is 12.2 Å². The first-order valence-electron chi connectivity index (χ1n) is 2.15. The molecule has 0 rings (SSSR count). The zero-order chi connectivity index (χ0) is 5.54. The largest absolute Gasteiger partial charge is 0.405 e. The van der Waals surface area contributed by atoms with Gasteiger partial charge in [0.1, 0.15) is 0 Å². The van der Waals surface area contributed by atoms with E-state index in [9.17, 15) is 0 Å². The van der Waals surface area contributed by atoms with Gasteiger partial charge in [0.25, 0.3) is 0 Å². The Morgan fingerprint density at radius 1 is 1.29 bits per heavy atom. The molecule has 0 radical (unpaired) electrons. The van der Waals surface area contributed by atoms with E-state index < -0.39 is 0 Å². The molecule has 0 unspecified atom stereocenters. The first-order valence-corrected chi connectivity index (χ1v) is 2.15. The molecule has 0 aliphatic heterocycles. The molecule has 0 saturated heterocycles. The highest BCUT2D eigenvalue weighted by Crippen LogP contribution is 1.67. The van der Waals surface area contributed by atoms with Gasteiger partial charge < -0.3 is 11.5 Å². The Bertz CT molecular complexity index is 74.1. The topological polar surface area (TPSA) is 52.0 Å². The number of rotatable bonds is 2. The number of hydrogen-bond donors (Lipinski definition) is 2. The molecule has 2 nitrogen and oxygen atoms in total. The molecule has 2 heteroatoms. The van der Waals surface area contributed by atoms with E-state index in [2.05, 4.69) is 0 Å². The van der Waals surface area contributed by atoms with Gasteiger partial charge in [0.15, 0.2) is 0 Å². The molecule has 0 aliphatic rings. The maximum atomic E-state index is 5.11. The number of hydrogen-bond acceptors (Lipinski definition) is 2. The van der Waals surface area contributed by atoms with Crippen LogP contribution in [-0.2, 0) is 0 Å². The van der Waals surface area contributed by atoms with Crippen molar-refractivity contribution in [1.82, 2.24) is 0 Å². The fraction of sp³-hybridized carbons (Fsp3) is 0.200. The first-order chi connectivity index (χ1) is 3.41. The van der Waals surface area contributed by atoms with Gasteiger partial charge >= 0.3 is 0 Å². The van der Waals surface area contributed by atoms with E-state index in [-0.39, 0.29) is 0 Å². The van der Waals surface area contributed by atoms with Gasteiger partial charge in [-0.15, -0.1) is 0 Å². The third-order valence-electron chi connectivity index (χ3n) is 0.494. The van der Waals surface area contributed by atoms with Crippen LogP contribution in [0.25, 0.3) is 0 Å². The number of nitrogens with two attached hydrogens (primary N) is 2. The van der Waals surface area contributed by atoms with Crippen molar-refractivity contribution in [2.24, 2.45) is 11.5 Å². The first kappa shape index (κ1) is 6.24. The Labute approximate surface area is 43.5 Å². The van der Waals surface area contributed by atoms with Crippen molar-refractivity contribution in [3.8, 4) is 0 Å². The van der Waals surface area contributed by atoms with Crippen LogP contribution in [0.5, 0.6) is 0 Å². The highest BCUT2D eigenvalue weighted by Gasteiger charge is 1.57. The summed E-state index contributed by atoms with van der Waals surface area (Å²) in [6.07, 6.45) is 6.82. The van der Waals surface area contributed by atoms with Gasteiger partial charge in [0, 0.05) is 6.54 Å².